The first kappa shape index (κ1) is 17.6. The molecule has 0 fully saturated rings. The molecule has 2 heterocycles. The van der Waals surface area contributed by atoms with Crippen LogP contribution >= 0.6 is 0 Å². The highest BCUT2D eigenvalue weighted by Crippen LogP contribution is 2.31. The Labute approximate surface area is 149 Å². The smallest absolute Gasteiger partial charge is 0.259 e. The highest BCUT2D eigenvalue weighted by molar-refractivity contribution is 5.71. The van der Waals surface area contributed by atoms with Crippen LogP contribution in [0.2, 0.25) is 0 Å². The number of benzene rings is 1. The molecule has 0 saturated heterocycles. The molecule has 1 aromatic carbocycles. The van der Waals surface area contributed by atoms with E-state index in [4.69, 9.17) is 9.47 Å². The van der Waals surface area contributed by atoms with Crippen LogP contribution in [-0.2, 0) is 11.3 Å². The number of hydrogen-bond acceptors (Lipinski definition) is 6. The summed E-state index contributed by atoms with van der Waals surface area (Å²) < 4.78 is 10.8. The van der Waals surface area contributed by atoms with Crippen molar-refractivity contribution in [2.75, 3.05) is 14.2 Å². The lowest BCUT2D eigenvalue weighted by Gasteiger charge is -2.14. The molecule has 134 valence electrons. The standard InChI is InChI=1S/C18H19N5O3/c1-4-5-11-8-12(9-13(10-25-2)16(11)26-3)15-7-6-14(18(24)19-15)17-20-22-23-21-17/h4-9H,10H2,1-3H3,(H,19,24)(H,20,21,22,23)/b5-4+. The number of nitrogens with zero attached hydrogens (tertiary/aromatic N) is 3. The Bertz CT molecular complexity index is 977. The normalized spacial score (nSPS) is 11.2. The van der Waals surface area contributed by atoms with Gasteiger partial charge in [-0.25, -0.2) is 5.10 Å². The van der Waals surface area contributed by atoms with Gasteiger partial charge in [0.25, 0.3) is 5.56 Å². The lowest BCUT2D eigenvalue weighted by Crippen LogP contribution is -2.10. The Balaban J connectivity index is 2.11. The molecule has 0 unspecified atom stereocenters. The summed E-state index contributed by atoms with van der Waals surface area (Å²) in [5, 5.41) is 13.3. The third-order valence-electron chi connectivity index (χ3n) is 3.87. The third-order valence-corrected chi connectivity index (χ3v) is 3.87. The molecule has 0 radical (unpaired) electrons. The highest BCUT2D eigenvalue weighted by atomic mass is 16.5. The van der Waals surface area contributed by atoms with Gasteiger partial charge in [-0.15, -0.1) is 5.10 Å². The monoisotopic (exact) mass is 353 g/mol. The molecule has 2 aromatic heterocycles. The number of tetrazole rings is 1. The number of methoxy groups -OCH3 is 2. The summed E-state index contributed by atoms with van der Waals surface area (Å²) >= 11 is 0. The molecule has 8 nitrogen and oxygen atoms in total. The second-order valence-electron chi connectivity index (χ2n) is 5.56. The van der Waals surface area contributed by atoms with E-state index in [2.05, 4.69) is 25.6 Å². The molecule has 0 amide bonds. The molecular formula is C18H19N5O3. The fourth-order valence-corrected chi connectivity index (χ4v) is 2.79. The molecule has 0 atom stereocenters. The fourth-order valence-electron chi connectivity index (χ4n) is 2.79. The van der Waals surface area contributed by atoms with E-state index >= 15 is 0 Å². The number of ether oxygens (including phenoxy) is 2. The van der Waals surface area contributed by atoms with Gasteiger partial charge in [0.1, 0.15) is 5.75 Å². The molecule has 0 aliphatic carbocycles. The van der Waals surface area contributed by atoms with E-state index in [-0.39, 0.29) is 5.56 Å². The van der Waals surface area contributed by atoms with E-state index in [0.29, 0.717) is 23.7 Å². The number of allylic oxidation sites excluding steroid dienone is 1. The Kier molecular flexibility index (Phi) is 5.23. The first-order valence-corrected chi connectivity index (χ1v) is 7.98. The second kappa shape index (κ2) is 7.75. The molecule has 2 N–H and O–H groups in total. The Morgan fingerprint density at radius 2 is 2.08 bits per heavy atom. The van der Waals surface area contributed by atoms with Crippen molar-refractivity contribution in [3.63, 3.8) is 0 Å². The fraction of sp³-hybridized carbons (Fsp3) is 0.222. The zero-order valence-electron chi connectivity index (χ0n) is 14.7. The molecule has 3 aromatic rings. The van der Waals surface area contributed by atoms with Gasteiger partial charge >= 0.3 is 0 Å². The SMILES string of the molecule is C/C=C/c1cc(-c2ccc(-c3nnn[nH]3)c(=O)[nH]2)cc(COC)c1OC. The first-order valence-electron chi connectivity index (χ1n) is 7.98. The number of rotatable bonds is 6. The topological polar surface area (TPSA) is 106 Å². The molecule has 0 bridgehead atoms. The van der Waals surface area contributed by atoms with Crippen molar-refractivity contribution in [1.29, 1.82) is 0 Å². The van der Waals surface area contributed by atoms with Crippen LogP contribution in [0.1, 0.15) is 18.1 Å². The molecular weight excluding hydrogens is 334 g/mol. The second-order valence-corrected chi connectivity index (χ2v) is 5.56. The van der Waals surface area contributed by atoms with Gasteiger partial charge in [-0.3, -0.25) is 4.79 Å². The minimum atomic E-state index is -0.280. The molecule has 8 heteroatoms. The van der Waals surface area contributed by atoms with Gasteiger partial charge in [-0.05, 0) is 47.2 Å². The summed E-state index contributed by atoms with van der Waals surface area (Å²) in [5.41, 5.74) is 3.42. The van der Waals surface area contributed by atoms with Crippen LogP contribution in [0.4, 0.5) is 0 Å². The first-order chi connectivity index (χ1) is 12.7. The number of aromatic nitrogens is 5. The molecule has 0 aliphatic rings. The van der Waals surface area contributed by atoms with Gasteiger partial charge in [-0.1, -0.05) is 12.2 Å². The summed E-state index contributed by atoms with van der Waals surface area (Å²) in [4.78, 5) is 15.3. The maximum Gasteiger partial charge on any atom is 0.259 e. The Morgan fingerprint density at radius 3 is 2.69 bits per heavy atom. The maximum atomic E-state index is 12.4. The number of aromatic amines is 2. The molecule has 26 heavy (non-hydrogen) atoms. The molecule has 3 rings (SSSR count). The predicted octanol–water partition coefficient (Wildman–Crippen LogP) is 2.41. The van der Waals surface area contributed by atoms with Crippen LogP contribution in [0, 0.1) is 0 Å². The van der Waals surface area contributed by atoms with E-state index in [9.17, 15) is 4.79 Å². The van der Waals surface area contributed by atoms with Crippen molar-refractivity contribution in [3.05, 3.63) is 51.8 Å². The van der Waals surface area contributed by atoms with E-state index in [1.54, 1.807) is 20.3 Å². The highest BCUT2D eigenvalue weighted by Gasteiger charge is 2.13. The average molecular weight is 353 g/mol. The van der Waals surface area contributed by atoms with Crippen molar-refractivity contribution in [3.8, 4) is 28.4 Å². The maximum absolute atomic E-state index is 12.4. The molecule has 0 aliphatic heterocycles. The van der Waals surface area contributed by atoms with Crippen LogP contribution in [-0.4, -0.2) is 39.8 Å². The van der Waals surface area contributed by atoms with Gasteiger partial charge in [0.15, 0.2) is 5.82 Å². The van der Waals surface area contributed by atoms with Crippen LogP contribution < -0.4 is 10.3 Å². The van der Waals surface area contributed by atoms with Gasteiger partial charge in [0.2, 0.25) is 0 Å². The van der Waals surface area contributed by atoms with Gasteiger partial charge < -0.3 is 14.5 Å². The zero-order valence-corrected chi connectivity index (χ0v) is 14.7. The summed E-state index contributed by atoms with van der Waals surface area (Å²) in [6, 6.07) is 7.40. The summed E-state index contributed by atoms with van der Waals surface area (Å²) in [6.45, 7) is 2.33. The van der Waals surface area contributed by atoms with Crippen molar-refractivity contribution in [1.82, 2.24) is 25.6 Å². The van der Waals surface area contributed by atoms with Crippen molar-refractivity contribution in [2.45, 2.75) is 13.5 Å². The Hall–Kier alpha value is -3.26. The molecule has 0 spiro atoms. The lowest BCUT2D eigenvalue weighted by atomic mass is 10.0. The van der Waals surface area contributed by atoms with Crippen LogP contribution in [0.5, 0.6) is 5.75 Å². The van der Waals surface area contributed by atoms with E-state index < -0.39 is 0 Å². The average Bonchev–Trinajstić information content (AvgIpc) is 3.16. The van der Waals surface area contributed by atoms with E-state index in [1.807, 2.05) is 37.3 Å². The predicted molar refractivity (Wildman–Crippen MR) is 97.6 cm³/mol. The summed E-state index contributed by atoms with van der Waals surface area (Å²) in [5.74, 6) is 1.07. The van der Waals surface area contributed by atoms with Crippen LogP contribution in [0.3, 0.4) is 0 Å². The van der Waals surface area contributed by atoms with Gasteiger partial charge in [-0.2, -0.15) is 0 Å². The van der Waals surface area contributed by atoms with Crippen LogP contribution in [0.15, 0.2) is 35.1 Å². The number of H-pyrrole nitrogens is 2. The van der Waals surface area contributed by atoms with Crippen molar-refractivity contribution >= 4 is 6.08 Å². The zero-order chi connectivity index (χ0) is 18.5. The van der Waals surface area contributed by atoms with Gasteiger partial charge in [0, 0.05) is 23.9 Å². The quantitative estimate of drug-likeness (QED) is 0.705. The summed E-state index contributed by atoms with van der Waals surface area (Å²) in [7, 11) is 3.26. The van der Waals surface area contributed by atoms with Crippen molar-refractivity contribution < 1.29 is 9.47 Å². The van der Waals surface area contributed by atoms with E-state index in [1.165, 1.54) is 0 Å². The molecule has 0 saturated carbocycles. The van der Waals surface area contributed by atoms with Crippen molar-refractivity contribution in [2.24, 2.45) is 0 Å². The summed E-state index contributed by atoms with van der Waals surface area (Å²) in [6.07, 6.45) is 3.88. The van der Waals surface area contributed by atoms with Crippen LogP contribution in [0.25, 0.3) is 28.7 Å². The lowest BCUT2D eigenvalue weighted by molar-refractivity contribution is 0.181. The number of nitrogens with one attached hydrogen (secondary N) is 2. The van der Waals surface area contributed by atoms with E-state index in [0.717, 1.165) is 22.4 Å². The largest absolute Gasteiger partial charge is 0.496 e. The minimum Gasteiger partial charge on any atom is -0.496 e. The minimum absolute atomic E-state index is 0.280. The third kappa shape index (κ3) is 3.40. The number of hydrogen-bond donors (Lipinski definition) is 2. The van der Waals surface area contributed by atoms with Gasteiger partial charge in [0.05, 0.1) is 19.3 Å². The Morgan fingerprint density at radius 1 is 1.23 bits per heavy atom. The number of pyridine rings is 1.